The molecule has 0 unspecified atom stereocenters. The molecule has 1 aliphatic rings. The molecule has 0 aromatic carbocycles. The van der Waals surface area contributed by atoms with Crippen LogP contribution in [0.5, 0.6) is 0 Å². The van der Waals surface area contributed by atoms with E-state index in [0.29, 0.717) is 0 Å². The Bertz CT molecular complexity index is 356. The van der Waals surface area contributed by atoms with Gasteiger partial charge in [-0.05, 0) is 39.4 Å². The molecule has 0 radical (unpaired) electrons. The monoisotopic (exact) mass is 265 g/mol. The molecule has 19 heavy (non-hydrogen) atoms. The fourth-order valence-electron chi connectivity index (χ4n) is 2.85. The average Bonchev–Trinajstić information content (AvgIpc) is 2.85. The molecule has 0 aliphatic heterocycles. The molecule has 5 heteroatoms. The molecule has 1 saturated carbocycles. The van der Waals surface area contributed by atoms with E-state index in [1.807, 2.05) is 17.9 Å². The summed E-state index contributed by atoms with van der Waals surface area (Å²) in [4.78, 5) is 2.55. The lowest BCUT2D eigenvalue weighted by Crippen LogP contribution is -2.35. The van der Waals surface area contributed by atoms with E-state index < -0.39 is 0 Å². The van der Waals surface area contributed by atoms with Crippen molar-refractivity contribution in [1.29, 1.82) is 0 Å². The van der Waals surface area contributed by atoms with Crippen LogP contribution in [-0.4, -0.2) is 46.1 Å². The second-order valence-electron chi connectivity index (χ2n) is 5.65. The molecular formula is C14H27N5. The number of aryl methyl sites for hydroxylation is 1. The van der Waals surface area contributed by atoms with Crippen LogP contribution in [-0.2, 0) is 13.6 Å². The highest BCUT2D eigenvalue weighted by Gasteiger charge is 2.17. The molecule has 0 amide bonds. The summed E-state index contributed by atoms with van der Waals surface area (Å²) in [5, 5.41) is 11.3. The van der Waals surface area contributed by atoms with Crippen molar-refractivity contribution >= 4 is 0 Å². The Hall–Kier alpha value is -0.940. The van der Waals surface area contributed by atoms with Gasteiger partial charge in [0.2, 0.25) is 0 Å². The van der Waals surface area contributed by atoms with Gasteiger partial charge in [0, 0.05) is 19.6 Å². The Labute approximate surface area is 116 Å². The molecule has 0 bridgehead atoms. The number of hydrogen-bond acceptors (Lipinski definition) is 4. The maximum atomic E-state index is 3.92. The van der Waals surface area contributed by atoms with E-state index in [-0.39, 0.29) is 0 Å². The van der Waals surface area contributed by atoms with Crippen LogP contribution in [0.4, 0.5) is 0 Å². The van der Waals surface area contributed by atoms with E-state index in [4.69, 9.17) is 0 Å². The van der Waals surface area contributed by atoms with Crippen molar-refractivity contribution in [3.05, 3.63) is 11.9 Å². The van der Waals surface area contributed by atoms with Crippen molar-refractivity contribution in [3.8, 4) is 0 Å². The summed E-state index contributed by atoms with van der Waals surface area (Å²) in [6, 6.07) is 0.829. The van der Waals surface area contributed by atoms with Gasteiger partial charge in [-0.15, -0.1) is 5.10 Å². The smallest absolute Gasteiger partial charge is 0.0738 e. The molecule has 2 rings (SSSR count). The third kappa shape index (κ3) is 4.58. The van der Waals surface area contributed by atoms with Gasteiger partial charge in [-0.2, -0.15) is 0 Å². The zero-order valence-electron chi connectivity index (χ0n) is 12.3. The number of nitrogens with one attached hydrogen (secondary N) is 1. The van der Waals surface area contributed by atoms with Gasteiger partial charge in [-0.1, -0.05) is 24.5 Å². The lowest BCUT2D eigenvalue weighted by atomic mass is 9.94. The highest BCUT2D eigenvalue weighted by molar-refractivity contribution is 4.91. The van der Waals surface area contributed by atoms with Gasteiger partial charge >= 0.3 is 0 Å². The first-order valence-corrected chi connectivity index (χ1v) is 7.52. The highest BCUT2D eigenvalue weighted by atomic mass is 15.4. The molecule has 0 spiro atoms. The van der Waals surface area contributed by atoms with Crippen LogP contribution in [0.1, 0.15) is 44.2 Å². The summed E-state index contributed by atoms with van der Waals surface area (Å²) >= 11 is 0. The largest absolute Gasteiger partial charge is 0.311 e. The Morgan fingerprint density at radius 2 is 2.16 bits per heavy atom. The van der Waals surface area contributed by atoms with Crippen LogP contribution in [0.2, 0.25) is 0 Å². The van der Waals surface area contributed by atoms with Crippen LogP contribution >= 0.6 is 0 Å². The molecular weight excluding hydrogens is 238 g/mol. The van der Waals surface area contributed by atoms with E-state index >= 15 is 0 Å². The Morgan fingerprint density at radius 1 is 1.37 bits per heavy atom. The van der Waals surface area contributed by atoms with Gasteiger partial charge in [0.15, 0.2) is 0 Å². The second kappa shape index (κ2) is 7.60. The maximum Gasteiger partial charge on any atom is 0.0738 e. The summed E-state index contributed by atoms with van der Waals surface area (Å²) < 4.78 is 1.82. The van der Waals surface area contributed by atoms with Gasteiger partial charge in [0.25, 0.3) is 0 Å². The number of nitrogens with zero attached hydrogens (tertiary/aromatic N) is 4. The topological polar surface area (TPSA) is 46.0 Å². The Morgan fingerprint density at radius 3 is 2.84 bits per heavy atom. The molecule has 1 aromatic heterocycles. The molecule has 0 saturated heterocycles. The summed E-state index contributed by atoms with van der Waals surface area (Å²) in [7, 11) is 4.21. The van der Waals surface area contributed by atoms with Crippen molar-refractivity contribution < 1.29 is 0 Å². The van der Waals surface area contributed by atoms with E-state index in [1.165, 1.54) is 45.1 Å². The van der Waals surface area contributed by atoms with Crippen LogP contribution < -0.4 is 5.32 Å². The van der Waals surface area contributed by atoms with Gasteiger partial charge < -0.3 is 10.2 Å². The molecule has 0 atom stereocenters. The van der Waals surface area contributed by atoms with Crippen molar-refractivity contribution in [2.24, 2.45) is 7.05 Å². The highest BCUT2D eigenvalue weighted by Crippen LogP contribution is 2.21. The van der Waals surface area contributed by atoms with Crippen molar-refractivity contribution in [2.45, 2.75) is 51.1 Å². The van der Waals surface area contributed by atoms with Crippen molar-refractivity contribution in [2.75, 3.05) is 20.1 Å². The number of hydrogen-bond donors (Lipinski definition) is 1. The molecule has 1 aliphatic carbocycles. The molecule has 108 valence electrons. The third-order valence-electron chi connectivity index (χ3n) is 4.18. The fourth-order valence-corrected chi connectivity index (χ4v) is 2.85. The summed E-state index contributed by atoms with van der Waals surface area (Å²) in [5.74, 6) is 0. The molecule has 5 nitrogen and oxygen atoms in total. The summed E-state index contributed by atoms with van der Waals surface area (Å²) in [6.07, 6.45) is 10.1. The lowest BCUT2D eigenvalue weighted by molar-refractivity contribution is 0.189. The molecule has 1 N–H and O–H groups in total. The normalized spacial score (nSPS) is 17.2. The fraction of sp³-hybridized carbons (Fsp3) is 0.857. The zero-order chi connectivity index (χ0) is 13.5. The standard InChI is InChI=1S/C14H27N5/c1-18(13-7-4-3-5-8-13)10-6-9-15-11-14-12-16-17-19(14)2/h12-13,15H,3-11H2,1-2H3. The first kappa shape index (κ1) is 14.5. The van der Waals surface area contributed by atoms with Gasteiger partial charge in [0.05, 0.1) is 11.9 Å². The van der Waals surface area contributed by atoms with E-state index in [2.05, 4.69) is 27.6 Å². The first-order valence-electron chi connectivity index (χ1n) is 7.52. The number of aromatic nitrogens is 3. The Balaban J connectivity index is 1.55. The average molecular weight is 265 g/mol. The van der Waals surface area contributed by atoms with Gasteiger partial charge in [-0.25, -0.2) is 0 Å². The minimum absolute atomic E-state index is 0.829. The minimum atomic E-state index is 0.829. The van der Waals surface area contributed by atoms with E-state index in [1.54, 1.807) is 0 Å². The third-order valence-corrected chi connectivity index (χ3v) is 4.18. The quantitative estimate of drug-likeness (QED) is 0.760. The lowest BCUT2D eigenvalue weighted by Gasteiger charge is -2.31. The van der Waals surface area contributed by atoms with Crippen LogP contribution in [0.15, 0.2) is 6.20 Å². The van der Waals surface area contributed by atoms with E-state index in [0.717, 1.165) is 24.8 Å². The first-order chi connectivity index (χ1) is 9.27. The van der Waals surface area contributed by atoms with Crippen LogP contribution in [0.25, 0.3) is 0 Å². The van der Waals surface area contributed by atoms with Crippen LogP contribution in [0.3, 0.4) is 0 Å². The maximum absolute atomic E-state index is 3.92. The molecule has 1 heterocycles. The minimum Gasteiger partial charge on any atom is -0.311 e. The van der Waals surface area contributed by atoms with Gasteiger partial charge in [-0.3, -0.25) is 4.68 Å². The van der Waals surface area contributed by atoms with Crippen molar-refractivity contribution in [1.82, 2.24) is 25.2 Å². The second-order valence-corrected chi connectivity index (χ2v) is 5.65. The Kier molecular flexibility index (Phi) is 5.79. The predicted octanol–water partition coefficient (Wildman–Crippen LogP) is 1.56. The zero-order valence-corrected chi connectivity index (χ0v) is 12.3. The van der Waals surface area contributed by atoms with Crippen LogP contribution in [0, 0.1) is 0 Å². The van der Waals surface area contributed by atoms with E-state index in [9.17, 15) is 0 Å². The van der Waals surface area contributed by atoms with Crippen molar-refractivity contribution in [3.63, 3.8) is 0 Å². The predicted molar refractivity (Wildman–Crippen MR) is 76.8 cm³/mol. The summed E-state index contributed by atoms with van der Waals surface area (Å²) in [5.41, 5.74) is 1.14. The summed E-state index contributed by atoms with van der Waals surface area (Å²) in [6.45, 7) is 3.11. The molecule has 1 aromatic rings. The number of rotatable bonds is 7. The SMILES string of the molecule is CN(CCCNCc1cnnn1C)C1CCCCC1. The van der Waals surface area contributed by atoms with Gasteiger partial charge in [0.1, 0.15) is 0 Å². The molecule has 1 fully saturated rings.